The Kier molecular flexibility index (Phi) is 4.80. The van der Waals surface area contributed by atoms with Crippen molar-refractivity contribution in [3.05, 3.63) is 59.1 Å². The average molecular weight is 340 g/mol. The van der Waals surface area contributed by atoms with E-state index in [1.807, 2.05) is 12.1 Å². The third-order valence-corrected chi connectivity index (χ3v) is 5.48. The number of hydrogen-bond acceptors (Lipinski definition) is 3. The lowest BCUT2D eigenvalue weighted by Crippen LogP contribution is -2.40. The summed E-state index contributed by atoms with van der Waals surface area (Å²) in [5, 5.41) is 0.195. The van der Waals surface area contributed by atoms with Gasteiger partial charge in [-0.2, -0.15) is 0 Å². The van der Waals surface area contributed by atoms with Crippen LogP contribution in [0.25, 0.3) is 0 Å². The minimum atomic E-state index is -3.73. The zero-order valence-electron chi connectivity index (χ0n) is 12.6. The first kappa shape index (κ1) is 16.8. The van der Waals surface area contributed by atoms with Gasteiger partial charge in [0.2, 0.25) is 10.0 Å². The fourth-order valence-electron chi connectivity index (χ4n) is 2.12. The zero-order valence-corrected chi connectivity index (χ0v) is 14.2. The number of sulfonamides is 1. The van der Waals surface area contributed by atoms with Crippen LogP contribution in [0, 0.1) is 0 Å². The molecule has 2 aromatic rings. The number of methoxy groups -OCH3 is 1. The smallest absolute Gasteiger partial charge is 0.242 e. The highest BCUT2D eigenvalue weighted by molar-refractivity contribution is 7.89. The second kappa shape index (κ2) is 6.28. The van der Waals surface area contributed by atoms with Crippen LogP contribution in [0.15, 0.2) is 53.4 Å². The molecular formula is C16H18ClNO3S. The van der Waals surface area contributed by atoms with E-state index < -0.39 is 15.6 Å². The van der Waals surface area contributed by atoms with Gasteiger partial charge in [-0.1, -0.05) is 35.9 Å². The molecular weight excluding hydrogens is 322 g/mol. The predicted molar refractivity (Wildman–Crippen MR) is 87.8 cm³/mol. The molecule has 0 aliphatic carbocycles. The lowest BCUT2D eigenvalue weighted by Gasteiger charge is -2.27. The van der Waals surface area contributed by atoms with Crippen molar-refractivity contribution in [3.8, 4) is 5.75 Å². The normalized spacial score (nSPS) is 12.2. The van der Waals surface area contributed by atoms with E-state index in [1.54, 1.807) is 51.3 Å². The molecule has 0 heterocycles. The number of nitrogens with one attached hydrogen (secondary N) is 1. The van der Waals surface area contributed by atoms with Gasteiger partial charge in [0, 0.05) is 0 Å². The van der Waals surface area contributed by atoms with Crippen molar-refractivity contribution in [1.82, 2.24) is 4.72 Å². The SMILES string of the molecule is COc1ccc(C(C)(C)NS(=O)(=O)c2ccccc2Cl)cc1. The average Bonchev–Trinajstić information content (AvgIpc) is 2.46. The molecule has 0 radical (unpaired) electrons. The Labute approximate surface area is 136 Å². The molecule has 0 aliphatic heterocycles. The summed E-state index contributed by atoms with van der Waals surface area (Å²) in [6.07, 6.45) is 0. The molecule has 2 rings (SSSR count). The molecule has 0 fully saturated rings. The van der Waals surface area contributed by atoms with Crippen molar-refractivity contribution in [2.45, 2.75) is 24.3 Å². The Morgan fingerprint density at radius 1 is 1.05 bits per heavy atom. The minimum absolute atomic E-state index is 0.0678. The number of hydrogen-bond donors (Lipinski definition) is 1. The molecule has 22 heavy (non-hydrogen) atoms. The lowest BCUT2D eigenvalue weighted by atomic mass is 9.96. The van der Waals surface area contributed by atoms with E-state index in [9.17, 15) is 8.42 Å². The molecule has 0 spiro atoms. The molecule has 0 saturated heterocycles. The van der Waals surface area contributed by atoms with E-state index in [-0.39, 0.29) is 9.92 Å². The lowest BCUT2D eigenvalue weighted by molar-refractivity contribution is 0.413. The summed E-state index contributed by atoms with van der Waals surface area (Å²) >= 11 is 5.99. The van der Waals surface area contributed by atoms with Crippen molar-refractivity contribution in [2.75, 3.05) is 7.11 Å². The van der Waals surface area contributed by atoms with Crippen LogP contribution in [0.2, 0.25) is 5.02 Å². The van der Waals surface area contributed by atoms with Crippen LogP contribution < -0.4 is 9.46 Å². The van der Waals surface area contributed by atoms with Gasteiger partial charge in [0.15, 0.2) is 0 Å². The Morgan fingerprint density at radius 3 is 2.18 bits per heavy atom. The maximum atomic E-state index is 12.5. The van der Waals surface area contributed by atoms with Crippen molar-refractivity contribution in [1.29, 1.82) is 0 Å². The van der Waals surface area contributed by atoms with Gasteiger partial charge in [0.1, 0.15) is 10.6 Å². The maximum Gasteiger partial charge on any atom is 0.242 e. The van der Waals surface area contributed by atoms with E-state index in [0.717, 1.165) is 5.56 Å². The standard InChI is InChI=1S/C16H18ClNO3S/c1-16(2,12-8-10-13(21-3)11-9-12)18-22(19,20)15-7-5-4-6-14(15)17/h4-11,18H,1-3H3. The Hall–Kier alpha value is -1.56. The van der Waals surface area contributed by atoms with E-state index >= 15 is 0 Å². The van der Waals surface area contributed by atoms with Crippen molar-refractivity contribution >= 4 is 21.6 Å². The molecule has 2 aromatic carbocycles. The molecule has 0 amide bonds. The highest BCUT2D eigenvalue weighted by Crippen LogP contribution is 2.27. The third kappa shape index (κ3) is 3.61. The summed E-state index contributed by atoms with van der Waals surface area (Å²) < 4.78 is 32.9. The van der Waals surface area contributed by atoms with Crippen LogP contribution in [-0.2, 0) is 15.6 Å². The van der Waals surface area contributed by atoms with Gasteiger partial charge in [0.25, 0.3) is 0 Å². The van der Waals surface area contributed by atoms with Gasteiger partial charge >= 0.3 is 0 Å². The monoisotopic (exact) mass is 339 g/mol. The molecule has 1 N–H and O–H groups in total. The van der Waals surface area contributed by atoms with E-state index in [4.69, 9.17) is 16.3 Å². The molecule has 0 aromatic heterocycles. The highest BCUT2D eigenvalue weighted by atomic mass is 35.5. The third-order valence-electron chi connectivity index (χ3n) is 3.33. The fraction of sp³-hybridized carbons (Fsp3) is 0.250. The number of halogens is 1. The minimum Gasteiger partial charge on any atom is -0.497 e. The molecule has 0 unspecified atom stereocenters. The van der Waals surface area contributed by atoms with Crippen LogP contribution in [-0.4, -0.2) is 15.5 Å². The molecule has 0 atom stereocenters. The predicted octanol–water partition coefficient (Wildman–Crippen LogP) is 3.56. The molecule has 0 aliphatic rings. The van der Waals surface area contributed by atoms with Gasteiger partial charge in [-0.15, -0.1) is 0 Å². The topological polar surface area (TPSA) is 55.4 Å². The molecule has 6 heteroatoms. The number of benzene rings is 2. The second-order valence-electron chi connectivity index (χ2n) is 5.39. The fourth-order valence-corrected chi connectivity index (χ4v) is 4.04. The van der Waals surface area contributed by atoms with Gasteiger partial charge in [-0.05, 0) is 43.7 Å². The van der Waals surface area contributed by atoms with Gasteiger partial charge < -0.3 is 4.74 Å². The van der Waals surface area contributed by atoms with Crippen molar-refractivity contribution in [2.24, 2.45) is 0 Å². The van der Waals surface area contributed by atoms with Crippen LogP contribution in [0.3, 0.4) is 0 Å². The highest BCUT2D eigenvalue weighted by Gasteiger charge is 2.29. The summed E-state index contributed by atoms with van der Waals surface area (Å²) in [5.41, 5.74) is 0.0357. The first-order valence-electron chi connectivity index (χ1n) is 6.69. The van der Waals surface area contributed by atoms with Crippen molar-refractivity contribution < 1.29 is 13.2 Å². The van der Waals surface area contributed by atoms with Crippen LogP contribution in [0.5, 0.6) is 5.75 Å². The van der Waals surface area contributed by atoms with Gasteiger partial charge in [-0.25, -0.2) is 13.1 Å². The summed E-state index contributed by atoms with van der Waals surface area (Å²) in [6.45, 7) is 3.59. The van der Waals surface area contributed by atoms with E-state index in [0.29, 0.717) is 5.75 Å². The summed E-state index contributed by atoms with van der Waals surface area (Å²) in [7, 11) is -2.14. The number of rotatable bonds is 5. The zero-order chi connectivity index (χ0) is 16.4. The molecule has 0 bridgehead atoms. The molecule has 118 valence electrons. The quantitative estimate of drug-likeness (QED) is 0.906. The maximum absolute atomic E-state index is 12.5. The van der Waals surface area contributed by atoms with Crippen molar-refractivity contribution in [3.63, 3.8) is 0 Å². The van der Waals surface area contributed by atoms with Gasteiger partial charge in [-0.3, -0.25) is 0 Å². The Balaban J connectivity index is 2.32. The van der Waals surface area contributed by atoms with Crippen LogP contribution in [0.4, 0.5) is 0 Å². The van der Waals surface area contributed by atoms with E-state index in [1.165, 1.54) is 6.07 Å². The second-order valence-corrected chi connectivity index (χ2v) is 7.45. The van der Waals surface area contributed by atoms with Crippen LogP contribution >= 0.6 is 11.6 Å². The largest absolute Gasteiger partial charge is 0.497 e. The van der Waals surface area contributed by atoms with E-state index in [2.05, 4.69) is 4.72 Å². The first-order valence-corrected chi connectivity index (χ1v) is 8.55. The molecule has 0 saturated carbocycles. The summed E-state index contributed by atoms with van der Waals surface area (Å²) in [4.78, 5) is 0.0678. The van der Waals surface area contributed by atoms with Gasteiger partial charge in [0.05, 0.1) is 17.7 Å². The van der Waals surface area contributed by atoms with Crippen LogP contribution in [0.1, 0.15) is 19.4 Å². The summed E-state index contributed by atoms with van der Waals surface area (Å²) in [6, 6.07) is 13.6. The summed E-state index contributed by atoms with van der Waals surface area (Å²) in [5.74, 6) is 0.716. The first-order chi connectivity index (χ1) is 10.3. The Bertz CT molecular complexity index is 755. The Morgan fingerprint density at radius 2 is 1.64 bits per heavy atom. The number of ether oxygens (including phenoxy) is 1. The molecule has 4 nitrogen and oxygen atoms in total.